The van der Waals surface area contributed by atoms with Gasteiger partial charge in [-0.3, -0.25) is 14.9 Å². The fraction of sp³-hybridized carbons (Fsp3) is 0.188. The molecule has 2 aromatic carbocycles. The van der Waals surface area contributed by atoms with Crippen LogP contribution in [0.1, 0.15) is 30.1 Å². The number of hydrogen-bond donors (Lipinski definition) is 0. The predicted octanol–water partition coefficient (Wildman–Crippen LogP) is 5.01. The summed E-state index contributed by atoms with van der Waals surface area (Å²) in [5.41, 5.74) is 1.77. The van der Waals surface area contributed by atoms with Crippen molar-refractivity contribution in [3.8, 4) is 11.1 Å². The third-order valence-corrected chi connectivity index (χ3v) is 3.68. The highest BCUT2D eigenvalue weighted by Gasteiger charge is 2.20. The van der Waals surface area contributed by atoms with Crippen LogP contribution in [0.5, 0.6) is 0 Å². The van der Waals surface area contributed by atoms with Crippen molar-refractivity contribution in [1.82, 2.24) is 0 Å². The molecular weight excluding hydrogens is 334 g/mol. The van der Waals surface area contributed by atoms with Crippen LogP contribution >= 0.6 is 15.9 Å². The lowest BCUT2D eigenvalue weighted by Crippen LogP contribution is -2.04. The third kappa shape index (κ3) is 3.55. The Balaban J connectivity index is 2.50. The fourth-order valence-electron chi connectivity index (χ4n) is 2.10. The maximum absolute atomic E-state index is 12.1. The van der Waals surface area contributed by atoms with Gasteiger partial charge in [-0.2, -0.15) is 0 Å². The van der Waals surface area contributed by atoms with Gasteiger partial charge < -0.3 is 0 Å². The van der Waals surface area contributed by atoms with E-state index in [1.54, 1.807) is 12.1 Å². The molecule has 0 N–H and O–H groups in total. The number of carbonyl (C=O) groups excluding carboxylic acids is 1. The van der Waals surface area contributed by atoms with E-state index >= 15 is 0 Å². The average Bonchev–Trinajstić information content (AvgIpc) is 2.47. The molecule has 4 nitrogen and oxygen atoms in total. The minimum absolute atomic E-state index is 0.130. The Kier molecular flexibility index (Phi) is 4.85. The highest BCUT2D eigenvalue weighted by molar-refractivity contribution is 9.10. The van der Waals surface area contributed by atoms with E-state index in [0.29, 0.717) is 12.8 Å². The third-order valence-electron chi connectivity index (χ3n) is 3.15. The quantitative estimate of drug-likeness (QED) is 0.434. The molecule has 0 aromatic heterocycles. The predicted molar refractivity (Wildman–Crippen MR) is 85.5 cm³/mol. The standard InChI is InChI=1S/C16H14BrNO3/c1-2-3-16(19)14-10-12(6-9-15(14)18(20)21)11-4-7-13(17)8-5-11/h4-10H,2-3H2,1H3. The SMILES string of the molecule is CCCC(=O)c1cc(-c2ccc(Br)cc2)ccc1[N+](=O)[O-]. The number of ketones is 1. The van der Waals surface area contributed by atoms with E-state index in [4.69, 9.17) is 0 Å². The van der Waals surface area contributed by atoms with E-state index in [-0.39, 0.29) is 17.0 Å². The minimum atomic E-state index is -0.506. The van der Waals surface area contributed by atoms with Crippen LogP contribution in [0.15, 0.2) is 46.9 Å². The summed E-state index contributed by atoms with van der Waals surface area (Å²) in [4.78, 5) is 22.7. The Bertz CT molecular complexity index is 680. The first-order valence-electron chi connectivity index (χ1n) is 6.60. The van der Waals surface area contributed by atoms with Crippen LogP contribution in [-0.2, 0) is 0 Å². The number of nitrogens with zero attached hydrogens (tertiary/aromatic N) is 1. The van der Waals surface area contributed by atoms with Crippen molar-refractivity contribution in [2.45, 2.75) is 19.8 Å². The topological polar surface area (TPSA) is 60.2 Å². The molecule has 2 rings (SSSR count). The van der Waals surface area contributed by atoms with E-state index in [1.807, 2.05) is 31.2 Å². The number of rotatable bonds is 5. The summed E-state index contributed by atoms with van der Waals surface area (Å²) in [5, 5.41) is 11.1. The molecule has 0 spiro atoms. The molecule has 0 saturated carbocycles. The fourth-order valence-corrected chi connectivity index (χ4v) is 2.37. The highest BCUT2D eigenvalue weighted by Crippen LogP contribution is 2.28. The lowest BCUT2D eigenvalue weighted by molar-refractivity contribution is -0.385. The zero-order valence-corrected chi connectivity index (χ0v) is 13.1. The lowest BCUT2D eigenvalue weighted by Gasteiger charge is -2.06. The number of nitro groups is 1. The molecule has 2 aromatic rings. The number of halogens is 1. The second-order valence-electron chi connectivity index (χ2n) is 4.67. The van der Waals surface area contributed by atoms with Gasteiger partial charge in [0, 0.05) is 17.0 Å². The van der Waals surface area contributed by atoms with Gasteiger partial charge in [0.2, 0.25) is 0 Å². The maximum atomic E-state index is 12.1. The molecule has 0 aliphatic heterocycles. The van der Waals surface area contributed by atoms with Crippen LogP contribution in [0.3, 0.4) is 0 Å². The van der Waals surface area contributed by atoms with E-state index in [1.165, 1.54) is 6.07 Å². The maximum Gasteiger partial charge on any atom is 0.280 e. The first kappa shape index (κ1) is 15.4. The molecule has 5 heteroatoms. The van der Waals surface area contributed by atoms with Crippen LogP contribution in [0.25, 0.3) is 11.1 Å². The van der Waals surface area contributed by atoms with Crippen molar-refractivity contribution in [2.24, 2.45) is 0 Å². The first-order valence-corrected chi connectivity index (χ1v) is 7.39. The molecule has 0 aliphatic carbocycles. The molecule has 0 amide bonds. The molecular formula is C16H14BrNO3. The van der Waals surface area contributed by atoms with Crippen molar-refractivity contribution in [2.75, 3.05) is 0 Å². The summed E-state index contributed by atoms with van der Waals surface area (Å²) in [6, 6.07) is 12.3. The number of carbonyl (C=O) groups is 1. The van der Waals surface area contributed by atoms with Crippen molar-refractivity contribution < 1.29 is 9.72 Å². The van der Waals surface area contributed by atoms with Gasteiger partial charge in [-0.15, -0.1) is 0 Å². The van der Waals surface area contributed by atoms with Crippen molar-refractivity contribution in [3.63, 3.8) is 0 Å². The second-order valence-corrected chi connectivity index (χ2v) is 5.58. The monoisotopic (exact) mass is 347 g/mol. The van der Waals surface area contributed by atoms with Crippen LogP contribution in [0, 0.1) is 10.1 Å². The van der Waals surface area contributed by atoms with Crippen LogP contribution < -0.4 is 0 Å². The Morgan fingerprint density at radius 2 is 1.76 bits per heavy atom. The van der Waals surface area contributed by atoms with Crippen molar-refractivity contribution >= 4 is 27.4 Å². The smallest absolute Gasteiger partial charge is 0.280 e. The molecule has 21 heavy (non-hydrogen) atoms. The molecule has 0 radical (unpaired) electrons. The lowest BCUT2D eigenvalue weighted by atomic mass is 9.98. The van der Waals surface area contributed by atoms with Gasteiger partial charge in [0.05, 0.1) is 10.5 Å². The summed E-state index contributed by atoms with van der Waals surface area (Å²) in [6.07, 6.45) is 0.975. The molecule has 0 atom stereocenters. The molecule has 108 valence electrons. The molecule has 0 aliphatic rings. The number of Topliss-reactive ketones (excluding diaryl/α,β-unsaturated/α-hetero) is 1. The van der Waals surface area contributed by atoms with Gasteiger partial charge in [-0.05, 0) is 41.8 Å². The second kappa shape index (κ2) is 6.63. The van der Waals surface area contributed by atoms with Gasteiger partial charge >= 0.3 is 0 Å². The molecule has 0 saturated heterocycles. The summed E-state index contributed by atoms with van der Waals surface area (Å²) >= 11 is 3.36. The molecule has 0 fully saturated rings. The number of nitro benzene ring substituents is 1. The van der Waals surface area contributed by atoms with E-state index in [2.05, 4.69) is 15.9 Å². The average molecular weight is 348 g/mol. The van der Waals surface area contributed by atoms with Crippen LogP contribution in [0.4, 0.5) is 5.69 Å². The zero-order chi connectivity index (χ0) is 15.4. The van der Waals surface area contributed by atoms with Crippen LogP contribution in [-0.4, -0.2) is 10.7 Å². The molecule has 0 unspecified atom stereocenters. The van der Waals surface area contributed by atoms with E-state index in [9.17, 15) is 14.9 Å². The Morgan fingerprint density at radius 3 is 2.33 bits per heavy atom. The summed E-state index contributed by atoms with van der Waals surface area (Å²) in [5.74, 6) is -0.192. The Morgan fingerprint density at radius 1 is 1.14 bits per heavy atom. The summed E-state index contributed by atoms with van der Waals surface area (Å²) < 4.78 is 0.954. The van der Waals surface area contributed by atoms with Crippen molar-refractivity contribution in [1.29, 1.82) is 0 Å². The molecule has 0 bridgehead atoms. The minimum Gasteiger partial charge on any atom is -0.294 e. The largest absolute Gasteiger partial charge is 0.294 e. The van der Waals surface area contributed by atoms with Gasteiger partial charge in [-0.1, -0.05) is 35.0 Å². The summed E-state index contributed by atoms with van der Waals surface area (Å²) in [7, 11) is 0. The van der Waals surface area contributed by atoms with Gasteiger partial charge in [0.1, 0.15) is 0 Å². The van der Waals surface area contributed by atoms with Gasteiger partial charge in [0.25, 0.3) is 5.69 Å². The first-order chi connectivity index (χ1) is 10.0. The van der Waals surface area contributed by atoms with E-state index in [0.717, 1.165) is 15.6 Å². The van der Waals surface area contributed by atoms with Gasteiger partial charge in [-0.25, -0.2) is 0 Å². The van der Waals surface area contributed by atoms with E-state index < -0.39 is 4.92 Å². The highest BCUT2D eigenvalue weighted by atomic mass is 79.9. The Hall–Kier alpha value is -2.01. The molecule has 0 heterocycles. The van der Waals surface area contributed by atoms with Crippen molar-refractivity contribution in [3.05, 3.63) is 62.6 Å². The normalized spacial score (nSPS) is 10.4. The number of benzene rings is 2. The van der Waals surface area contributed by atoms with Crippen LogP contribution in [0.2, 0.25) is 0 Å². The zero-order valence-electron chi connectivity index (χ0n) is 11.5. The summed E-state index contributed by atoms with van der Waals surface area (Å²) in [6.45, 7) is 1.88. The van der Waals surface area contributed by atoms with Gasteiger partial charge in [0.15, 0.2) is 5.78 Å². The number of hydrogen-bond acceptors (Lipinski definition) is 3. The Labute approximate surface area is 131 Å².